The molecule has 0 spiro atoms. The van der Waals surface area contributed by atoms with Crippen LogP contribution in [0.15, 0.2) is 12.7 Å². The maximum Gasteiger partial charge on any atom is 0.302 e. The van der Waals surface area contributed by atoms with E-state index in [4.69, 9.17) is 4.74 Å². The second kappa shape index (κ2) is 16.0. The third kappa shape index (κ3) is 17.3. The molecule has 0 aromatic carbocycles. The normalized spacial score (nSPS) is 13.5. The number of ether oxygens (including phenoxy) is 1. The van der Waals surface area contributed by atoms with Gasteiger partial charge in [0.15, 0.2) is 0 Å². The van der Waals surface area contributed by atoms with Crippen molar-refractivity contribution in [2.75, 3.05) is 6.61 Å². The zero-order chi connectivity index (χ0) is 17.3. The summed E-state index contributed by atoms with van der Waals surface area (Å²) >= 11 is 0. The summed E-state index contributed by atoms with van der Waals surface area (Å²) in [6.45, 7) is 5.01. The van der Waals surface area contributed by atoms with Gasteiger partial charge in [0.1, 0.15) is 6.61 Å². The van der Waals surface area contributed by atoms with Crippen LogP contribution in [0.2, 0.25) is 0 Å². The Morgan fingerprint density at radius 2 is 1.48 bits per heavy atom. The molecule has 0 saturated heterocycles. The Kier molecular flexibility index (Phi) is 15.4. The average molecular weight is 328 g/mol. The molecule has 0 amide bonds. The van der Waals surface area contributed by atoms with E-state index in [1.54, 1.807) is 0 Å². The first kappa shape index (κ1) is 22.1. The molecule has 0 heterocycles. The molecule has 2 atom stereocenters. The molecule has 0 bridgehead atoms. The summed E-state index contributed by atoms with van der Waals surface area (Å²) in [5.41, 5.74) is 0. The molecule has 0 unspecified atom stereocenters. The third-order valence-electron chi connectivity index (χ3n) is 3.97. The Bertz CT molecular complexity index is 291. The molecule has 4 nitrogen and oxygen atoms in total. The predicted octanol–water partition coefficient (Wildman–Crippen LogP) is 4.14. The number of hydrogen-bond donors (Lipinski definition) is 2. The molecule has 136 valence electrons. The van der Waals surface area contributed by atoms with Crippen molar-refractivity contribution >= 4 is 5.97 Å². The van der Waals surface area contributed by atoms with Gasteiger partial charge in [0.2, 0.25) is 0 Å². The minimum absolute atomic E-state index is 0.0286. The van der Waals surface area contributed by atoms with Gasteiger partial charge in [-0.1, -0.05) is 57.4 Å². The van der Waals surface area contributed by atoms with E-state index < -0.39 is 18.2 Å². The van der Waals surface area contributed by atoms with Crippen molar-refractivity contribution in [1.82, 2.24) is 0 Å². The van der Waals surface area contributed by atoms with Crippen LogP contribution in [0.25, 0.3) is 0 Å². The summed E-state index contributed by atoms with van der Waals surface area (Å²) in [4.78, 5) is 10.6. The summed E-state index contributed by atoms with van der Waals surface area (Å²) in [6.07, 6.45) is 14.0. The van der Waals surface area contributed by atoms with E-state index in [1.807, 2.05) is 6.08 Å². The van der Waals surface area contributed by atoms with Crippen molar-refractivity contribution in [1.29, 1.82) is 0 Å². The highest BCUT2D eigenvalue weighted by Crippen LogP contribution is 2.13. The largest absolute Gasteiger partial charge is 0.463 e. The van der Waals surface area contributed by atoms with E-state index in [1.165, 1.54) is 51.9 Å². The van der Waals surface area contributed by atoms with Crippen molar-refractivity contribution < 1.29 is 19.7 Å². The number of unbranched alkanes of at least 4 members (excludes halogenated alkanes) is 9. The number of aliphatic hydroxyl groups excluding tert-OH is 2. The van der Waals surface area contributed by atoms with Gasteiger partial charge in [0.05, 0.1) is 12.2 Å². The zero-order valence-electron chi connectivity index (χ0n) is 14.8. The standard InChI is InChI=1S/C19H36O4/c1-3-4-5-6-7-8-9-10-11-12-13-14-18(21)15-19(22)16-23-17(2)20/h3,18-19,21-22H,1,4-16H2,2H3/t18-,19+/m0/s1. The first-order chi connectivity index (χ1) is 11.1. The highest BCUT2D eigenvalue weighted by atomic mass is 16.5. The van der Waals surface area contributed by atoms with Crippen LogP contribution < -0.4 is 0 Å². The zero-order valence-corrected chi connectivity index (χ0v) is 14.8. The summed E-state index contributed by atoms with van der Waals surface area (Å²) in [5, 5.41) is 19.4. The monoisotopic (exact) mass is 328 g/mol. The third-order valence-corrected chi connectivity index (χ3v) is 3.97. The Morgan fingerprint density at radius 3 is 2.00 bits per heavy atom. The quantitative estimate of drug-likeness (QED) is 0.254. The second-order valence-electron chi connectivity index (χ2n) is 6.39. The van der Waals surface area contributed by atoms with Gasteiger partial charge in [-0.25, -0.2) is 0 Å². The first-order valence-electron chi connectivity index (χ1n) is 9.16. The number of carbonyl (C=O) groups is 1. The molecule has 0 rings (SSSR count). The van der Waals surface area contributed by atoms with Gasteiger partial charge in [-0.2, -0.15) is 0 Å². The number of allylic oxidation sites excluding steroid dienone is 1. The molecule has 4 heteroatoms. The number of esters is 1. The fourth-order valence-corrected chi connectivity index (χ4v) is 2.62. The maximum atomic E-state index is 10.6. The molecule has 0 saturated carbocycles. The van der Waals surface area contributed by atoms with Crippen molar-refractivity contribution in [3.05, 3.63) is 12.7 Å². The topological polar surface area (TPSA) is 66.8 Å². The van der Waals surface area contributed by atoms with Gasteiger partial charge in [0.25, 0.3) is 0 Å². The van der Waals surface area contributed by atoms with E-state index in [-0.39, 0.29) is 13.0 Å². The number of hydrogen-bond acceptors (Lipinski definition) is 4. The Hall–Kier alpha value is -0.870. The van der Waals surface area contributed by atoms with Gasteiger partial charge in [-0.05, 0) is 19.3 Å². The lowest BCUT2D eigenvalue weighted by atomic mass is 10.0. The van der Waals surface area contributed by atoms with E-state index in [2.05, 4.69) is 6.58 Å². The number of aliphatic hydroxyl groups is 2. The molecule has 0 aromatic heterocycles. The fraction of sp³-hybridized carbons (Fsp3) is 0.842. The lowest BCUT2D eigenvalue weighted by molar-refractivity contribution is -0.144. The SMILES string of the molecule is C=CCCCCCCCCCCC[C@H](O)C[C@@H](O)COC(C)=O. The Labute approximate surface area is 141 Å². The molecule has 0 fully saturated rings. The Balaban J connectivity index is 3.30. The highest BCUT2D eigenvalue weighted by Gasteiger charge is 2.12. The van der Waals surface area contributed by atoms with Crippen LogP contribution in [0.3, 0.4) is 0 Å². The van der Waals surface area contributed by atoms with E-state index in [0.29, 0.717) is 6.42 Å². The highest BCUT2D eigenvalue weighted by molar-refractivity contribution is 5.65. The molecule has 0 aliphatic heterocycles. The van der Waals surface area contributed by atoms with Gasteiger partial charge in [0, 0.05) is 13.3 Å². The Morgan fingerprint density at radius 1 is 0.957 bits per heavy atom. The number of carbonyl (C=O) groups excluding carboxylic acids is 1. The predicted molar refractivity (Wildman–Crippen MR) is 94.2 cm³/mol. The fourth-order valence-electron chi connectivity index (χ4n) is 2.62. The van der Waals surface area contributed by atoms with Crippen molar-refractivity contribution in [3.63, 3.8) is 0 Å². The maximum absolute atomic E-state index is 10.6. The summed E-state index contributed by atoms with van der Waals surface area (Å²) in [6, 6.07) is 0. The minimum Gasteiger partial charge on any atom is -0.463 e. The summed E-state index contributed by atoms with van der Waals surface area (Å²) < 4.78 is 4.71. The van der Waals surface area contributed by atoms with Gasteiger partial charge >= 0.3 is 5.97 Å². The number of rotatable bonds is 16. The van der Waals surface area contributed by atoms with Crippen LogP contribution in [0.4, 0.5) is 0 Å². The van der Waals surface area contributed by atoms with Crippen LogP contribution in [0.1, 0.15) is 84.0 Å². The van der Waals surface area contributed by atoms with Crippen molar-refractivity contribution in [2.24, 2.45) is 0 Å². The van der Waals surface area contributed by atoms with Crippen molar-refractivity contribution in [2.45, 2.75) is 96.2 Å². The van der Waals surface area contributed by atoms with Crippen LogP contribution in [-0.2, 0) is 9.53 Å². The molecule has 23 heavy (non-hydrogen) atoms. The molecular formula is C19H36O4. The van der Waals surface area contributed by atoms with Crippen LogP contribution in [-0.4, -0.2) is 35.0 Å². The smallest absolute Gasteiger partial charge is 0.302 e. The summed E-state index contributed by atoms with van der Waals surface area (Å²) in [7, 11) is 0. The van der Waals surface area contributed by atoms with E-state index >= 15 is 0 Å². The lowest BCUT2D eigenvalue weighted by Gasteiger charge is -2.15. The molecule has 2 N–H and O–H groups in total. The molecule has 0 aromatic rings. The van der Waals surface area contributed by atoms with Gasteiger partial charge < -0.3 is 14.9 Å². The molecule has 0 radical (unpaired) electrons. The van der Waals surface area contributed by atoms with Crippen LogP contribution in [0.5, 0.6) is 0 Å². The average Bonchev–Trinajstić information content (AvgIpc) is 2.50. The van der Waals surface area contributed by atoms with Gasteiger partial charge in [-0.15, -0.1) is 6.58 Å². The minimum atomic E-state index is -0.769. The summed E-state index contributed by atoms with van der Waals surface area (Å²) in [5.74, 6) is -0.403. The molecular weight excluding hydrogens is 292 g/mol. The second-order valence-corrected chi connectivity index (χ2v) is 6.39. The lowest BCUT2D eigenvalue weighted by Crippen LogP contribution is -2.23. The van der Waals surface area contributed by atoms with E-state index in [0.717, 1.165) is 19.3 Å². The molecule has 0 aliphatic rings. The first-order valence-corrected chi connectivity index (χ1v) is 9.16. The van der Waals surface area contributed by atoms with Crippen molar-refractivity contribution in [3.8, 4) is 0 Å². The molecule has 0 aliphatic carbocycles. The van der Waals surface area contributed by atoms with Crippen LogP contribution in [0, 0.1) is 0 Å². The van der Waals surface area contributed by atoms with Gasteiger partial charge in [-0.3, -0.25) is 4.79 Å². The van der Waals surface area contributed by atoms with Crippen LogP contribution >= 0.6 is 0 Å². The van der Waals surface area contributed by atoms with E-state index in [9.17, 15) is 15.0 Å².